The molecule has 4 saturated carbocycles. The molecule has 3 aromatic rings. The summed E-state index contributed by atoms with van der Waals surface area (Å²) in [6, 6.07) is 1.93. The quantitative estimate of drug-likeness (QED) is 0.738. The molecular formula is C20H18FN7O. The maximum absolute atomic E-state index is 14.2. The van der Waals surface area contributed by atoms with Crippen molar-refractivity contribution in [2.75, 3.05) is 10.2 Å². The molecule has 0 aromatic carbocycles. The number of carbonyl (C=O) groups is 1. The first kappa shape index (κ1) is 15.8. The van der Waals surface area contributed by atoms with Crippen molar-refractivity contribution in [3.05, 3.63) is 35.9 Å². The van der Waals surface area contributed by atoms with Gasteiger partial charge in [-0.25, -0.2) is 18.9 Å². The average molecular weight is 391 g/mol. The lowest BCUT2D eigenvalue weighted by Crippen LogP contribution is -2.78. The zero-order valence-corrected chi connectivity index (χ0v) is 15.8. The van der Waals surface area contributed by atoms with E-state index in [2.05, 4.69) is 20.4 Å². The number of anilines is 3. The Hall–Kier alpha value is -3.10. The van der Waals surface area contributed by atoms with Gasteiger partial charge in [0.1, 0.15) is 17.8 Å². The Kier molecular flexibility index (Phi) is 2.48. The fraction of sp³-hybridized carbons (Fsp3) is 0.450. The van der Waals surface area contributed by atoms with E-state index in [1.807, 2.05) is 19.2 Å². The zero-order valence-electron chi connectivity index (χ0n) is 15.8. The molecule has 1 amide bonds. The van der Waals surface area contributed by atoms with Crippen molar-refractivity contribution >= 4 is 29.0 Å². The van der Waals surface area contributed by atoms with Crippen LogP contribution >= 0.6 is 0 Å². The van der Waals surface area contributed by atoms with Crippen LogP contribution in [0.15, 0.2) is 24.8 Å². The molecule has 4 heterocycles. The maximum atomic E-state index is 14.2. The molecule has 2 bridgehead atoms. The van der Waals surface area contributed by atoms with Gasteiger partial charge < -0.3 is 5.32 Å². The molecule has 8 rings (SSSR count). The number of nitrogens with one attached hydrogen (secondary N) is 1. The summed E-state index contributed by atoms with van der Waals surface area (Å²) in [4.78, 5) is 28.5. The number of pyridine rings is 1. The standard InChI is InChI=1S/C20H18FN7O/c1-11-4-14-23-10-24-27(14)6-13(11)25-17-22-5-12-15(26-17)28(16(29)20(12)2-3-20)19-7-18(21,8-19)9-19/h4-6,10H,2-3,7-9H2,1H3,(H,22,25,26). The number of rotatable bonds is 3. The molecular weight excluding hydrogens is 373 g/mol. The van der Waals surface area contributed by atoms with Crippen LogP contribution in [0.5, 0.6) is 0 Å². The van der Waals surface area contributed by atoms with E-state index in [1.165, 1.54) is 6.33 Å². The van der Waals surface area contributed by atoms with Crippen LogP contribution in [0.3, 0.4) is 0 Å². The van der Waals surface area contributed by atoms with Gasteiger partial charge in [-0.1, -0.05) is 0 Å². The molecule has 0 atom stereocenters. The maximum Gasteiger partial charge on any atom is 0.239 e. The molecule has 29 heavy (non-hydrogen) atoms. The summed E-state index contributed by atoms with van der Waals surface area (Å²) in [5.74, 6) is 1.16. The number of hydrogen-bond donors (Lipinski definition) is 1. The number of aromatic nitrogens is 5. The van der Waals surface area contributed by atoms with Crippen molar-refractivity contribution < 1.29 is 9.18 Å². The van der Waals surface area contributed by atoms with Gasteiger partial charge >= 0.3 is 0 Å². The predicted molar refractivity (Wildman–Crippen MR) is 102 cm³/mol. The summed E-state index contributed by atoms with van der Waals surface area (Å²) in [7, 11) is 0. The van der Waals surface area contributed by atoms with Crippen LogP contribution in [0.2, 0.25) is 0 Å². The summed E-state index contributed by atoms with van der Waals surface area (Å²) in [6.45, 7) is 1.97. The Morgan fingerprint density at radius 3 is 2.72 bits per heavy atom. The molecule has 4 aliphatic carbocycles. The van der Waals surface area contributed by atoms with Crippen LogP contribution in [-0.4, -0.2) is 41.7 Å². The third kappa shape index (κ3) is 1.81. The van der Waals surface area contributed by atoms with Crippen LogP contribution in [0, 0.1) is 6.92 Å². The molecule has 146 valence electrons. The normalized spacial score (nSPS) is 30.3. The highest BCUT2D eigenvalue weighted by atomic mass is 19.1. The minimum absolute atomic E-state index is 0.0842. The summed E-state index contributed by atoms with van der Waals surface area (Å²) in [6.07, 6.45) is 8.05. The lowest BCUT2D eigenvalue weighted by Gasteiger charge is -2.68. The molecule has 3 aromatic heterocycles. The van der Waals surface area contributed by atoms with E-state index in [-0.39, 0.29) is 11.4 Å². The van der Waals surface area contributed by atoms with Crippen LogP contribution < -0.4 is 10.2 Å². The van der Waals surface area contributed by atoms with Crippen LogP contribution in [0.4, 0.5) is 21.8 Å². The van der Waals surface area contributed by atoms with E-state index in [0.717, 1.165) is 35.3 Å². The summed E-state index contributed by atoms with van der Waals surface area (Å²) in [5, 5.41) is 7.42. The number of hydrogen-bond acceptors (Lipinski definition) is 6. The number of nitrogens with zero attached hydrogens (tertiary/aromatic N) is 6. The largest absolute Gasteiger partial charge is 0.323 e. The molecule has 0 radical (unpaired) electrons. The second-order valence-corrected chi connectivity index (χ2v) is 9.12. The van der Waals surface area contributed by atoms with Crippen molar-refractivity contribution in [3.63, 3.8) is 0 Å². The lowest BCUT2D eigenvalue weighted by molar-refractivity contribution is -0.160. The third-order valence-corrected chi connectivity index (χ3v) is 7.14. The first-order chi connectivity index (χ1) is 13.9. The molecule has 1 aliphatic heterocycles. The SMILES string of the molecule is Cc1cc2ncnn2cc1Nc1ncc2c(n1)N(C13CC(F)(C1)C3)C(=O)C21CC1. The number of alkyl halides is 1. The van der Waals surface area contributed by atoms with Gasteiger partial charge in [0.15, 0.2) is 5.65 Å². The van der Waals surface area contributed by atoms with Crippen molar-refractivity contribution in [1.29, 1.82) is 0 Å². The van der Waals surface area contributed by atoms with Crippen molar-refractivity contribution in [2.24, 2.45) is 0 Å². The molecule has 9 heteroatoms. The lowest BCUT2D eigenvalue weighted by atomic mass is 9.46. The molecule has 5 aliphatic rings. The van der Waals surface area contributed by atoms with Gasteiger partial charge in [-0.2, -0.15) is 10.1 Å². The highest BCUT2D eigenvalue weighted by Crippen LogP contribution is 2.70. The fourth-order valence-electron chi connectivity index (χ4n) is 5.47. The number of fused-ring (bicyclic) bond motifs is 3. The van der Waals surface area contributed by atoms with E-state index in [0.29, 0.717) is 31.0 Å². The van der Waals surface area contributed by atoms with Gasteiger partial charge in [-0.15, -0.1) is 0 Å². The van der Waals surface area contributed by atoms with Gasteiger partial charge in [0.2, 0.25) is 11.9 Å². The van der Waals surface area contributed by atoms with E-state index in [4.69, 9.17) is 4.98 Å². The van der Waals surface area contributed by atoms with E-state index < -0.39 is 11.1 Å². The molecule has 8 nitrogen and oxygen atoms in total. The fourth-order valence-corrected chi connectivity index (χ4v) is 5.47. The topological polar surface area (TPSA) is 88.3 Å². The predicted octanol–water partition coefficient (Wildman–Crippen LogP) is 2.59. The minimum atomic E-state index is -1.07. The van der Waals surface area contributed by atoms with E-state index >= 15 is 0 Å². The molecule has 1 spiro atoms. The van der Waals surface area contributed by atoms with Gasteiger partial charge in [0, 0.05) is 31.0 Å². The second-order valence-electron chi connectivity index (χ2n) is 9.12. The summed E-state index contributed by atoms with van der Waals surface area (Å²) in [5.41, 5.74) is 1.54. The number of aryl methyl sites for hydroxylation is 1. The number of halogens is 1. The summed E-state index contributed by atoms with van der Waals surface area (Å²) >= 11 is 0. The molecule has 0 unspecified atom stereocenters. The van der Waals surface area contributed by atoms with Gasteiger partial charge in [-0.05, 0) is 31.4 Å². The third-order valence-electron chi connectivity index (χ3n) is 7.14. The zero-order chi connectivity index (χ0) is 19.6. The number of carbonyl (C=O) groups excluding carboxylic acids is 1. The Morgan fingerprint density at radius 2 is 2.00 bits per heavy atom. The van der Waals surface area contributed by atoms with Crippen molar-refractivity contribution in [3.8, 4) is 0 Å². The monoisotopic (exact) mass is 391 g/mol. The van der Waals surface area contributed by atoms with Crippen LogP contribution in [-0.2, 0) is 10.2 Å². The highest BCUT2D eigenvalue weighted by Gasteiger charge is 2.76. The van der Waals surface area contributed by atoms with Gasteiger partial charge in [-0.3, -0.25) is 9.69 Å². The van der Waals surface area contributed by atoms with Gasteiger partial charge in [0.05, 0.1) is 22.8 Å². The minimum Gasteiger partial charge on any atom is -0.323 e. The number of amides is 1. The van der Waals surface area contributed by atoms with E-state index in [1.54, 1.807) is 15.6 Å². The van der Waals surface area contributed by atoms with E-state index in [9.17, 15) is 9.18 Å². The first-order valence-electron chi connectivity index (χ1n) is 9.90. The second kappa shape index (κ2) is 4.55. The first-order valence-corrected chi connectivity index (χ1v) is 9.90. The van der Waals surface area contributed by atoms with Crippen molar-refractivity contribution in [1.82, 2.24) is 24.6 Å². The highest BCUT2D eigenvalue weighted by molar-refractivity contribution is 6.10. The van der Waals surface area contributed by atoms with Crippen LogP contribution in [0.1, 0.15) is 43.2 Å². The molecule has 1 N–H and O–H groups in total. The molecule has 0 saturated heterocycles. The average Bonchev–Trinajstić information content (AvgIpc) is 3.26. The molecule has 4 fully saturated rings. The Balaban J connectivity index is 1.29. The smallest absolute Gasteiger partial charge is 0.239 e. The Morgan fingerprint density at radius 1 is 1.21 bits per heavy atom. The Bertz CT molecular complexity index is 1230. The van der Waals surface area contributed by atoms with Crippen LogP contribution in [0.25, 0.3) is 5.65 Å². The summed E-state index contributed by atoms with van der Waals surface area (Å²) < 4.78 is 15.9. The van der Waals surface area contributed by atoms with Gasteiger partial charge in [0.25, 0.3) is 0 Å². The Labute approximate surface area is 165 Å². The van der Waals surface area contributed by atoms with Crippen molar-refractivity contribution in [2.45, 2.75) is 55.7 Å².